The van der Waals surface area contributed by atoms with Crippen LogP contribution in [0.1, 0.15) is 50.4 Å². The first-order chi connectivity index (χ1) is 19.1. The molecule has 204 valence electrons. The van der Waals surface area contributed by atoms with Crippen LogP contribution in [0.5, 0.6) is 0 Å². The summed E-state index contributed by atoms with van der Waals surface area (Å²) < 4.78 is 20.0. The van der Waals surface area contributed by atoms with E-state index in [4.69, 9.17) is 25.6 Å². The van der Waals surface area contributed by atoms with Crippen LogP contribution >= 0.6 is 11.6 Å². The van der Waals surface area contributed by atoms with E-state index >= 15 is 0 Å². The van der Waals surface area contributed by atoms with Gasteiger partial charge >= 0.3 is 13.2 Å². The molecule has 0 unspecified atom stereocenters. The Morgan fingerprint density at radius 2 is 1.65 bits per heavy atom. The van der Waals surface area contributed by atoms with Gasteiger partial charge in [0.2, 0.25) is 0 Å². The molecule has 2 aliphatic rings. The fourth-order valence-electron chi connectivity index (χ4n) is 5.18. The normalized spacial score (nSPS) is 17.6. The van der Waals surface area contributed by atoms with Gasteiger partial charge in [-0.15, -0.1) is 0 Å². The summed E-state index contributed by atoms with van der Waals surface area (Å²) in [5.74, 6) is -0.0229. The number of hydrogen-bond acceptors (Lipinski definition) is 6. The lowest BCUT2D eigenvalue weighted by atomic mass is 9.77. The second-order valence-corrected chi connectivity index (χ2v) is 11.5. The lowest BCUT2D eigenvalue weighted by molar-refractivity contribution is 0.00578. The molecule has 4 aromatic rings. The zero-order chi connectivity index (χ0) is 28.1. The summed E-state index contributed by atoms with van der Waals surface area (Å²) >= 11 is 6.14. The van der Waals surface area contributed by atoms with E-state index in [2.05, 4.69) is 39.7 Å². The fraction of sp³-hybridized carbons (Fsp3) is 0.300. The van der Waals surface area contributed by atoms with E-state index in [9.17, 15) is 4.79 Å². The highest BCUT2D eigenvalue weighted by Gasteiger charge is 2.52. The van der Waals surface area contributed by atoms with Crippen molar-refractivity contribution in [3.63, 3.8) is 0 Å². The molecule has 1 N–H and O–H groups in total. The third-order valence-corrected chi connectivity index (χ3v) is 8.23. The van der Waals surface area contributed by atoms with Crippen LogP contribution in [0, 0.1) is 0 Å². The van der Waals surface area contributed by atoms with E-state index in [1.54, 1.807) is 22.8 Å². The zero-order valence-electron chi connectivity index (χ0n) is 22.8. The zero-order valence-corrected chi connectivity index (χ0v) is 23.6. The Balaban J connectivity index is 1.21. The van der Waals surface area contributed by atoms with Gasteiger partial charge < -0.3 is 19.4 Å². The van der Waals surface area contributed by atoms with Gasteiger partial charge in [-0.1, -0.05) is 60.1 Å². The summed E-state index contributed by atoms with van der Waals surface area (Å²) in [5, 5.41) is 7.59. The first kappa shape index (κ1) is 26.6. The number of carbonyl (C=O) groups excluding carboxylic acids is 1. The van der Waals surface area contributed by atoms with Crippen molar-refractivity contribution >= 4 is 36.5 Å². The Labute approximate surface area is 238 Å². The van der Waals surface area contributed by atoms with Gasteiger partial charge in [0, 0.05) is 12.5 Å². The molecule has 2 aromatic carbocycles. The second-order valence-electron chi connectivity index (χ2n) is 11.1. The summed E-state index contributed by atoms with van der Waals surface area (Å²) in [6.07, 6.45) is 3.02. The summed E-state index contributed by atoms with van der Waals surface area (Å²) in [6, 6.07) is 20.0. The Kier molecular flexibility index (Phi) is 6.69. The number of carbonyl (C=O) groups is 1. The van der Waals surface area contributed by atoms with Crippen LogP contribution < -0.4 is 5.32 Å². The molecule has 6 rings (SSSR count). The molecule has 1 fully saturated rings. The maximum atomic E-state index is 13.0. The topological polar surface area (TPSA) is 87.0 Å². The quantitative estimate of drug-likeness (QED) is 0.296. The number of benzene rings is 2. The van der Waals surface area contributed by atoms with Gasteiger partial charge in [0.15, 0.2) is 5.65 Å². The van der Waals surface area contributed by atoms with Crippen molar-refractivity contribution in [1.29, 1.82) is 0 Å². The third-order valence-electron chi connectivity index (χ3n) is 8.03. The molecule has 3 heterocycles. The lowest BCUT2D eigenvalue weighted by Crippen LogP contribution is -2.41. The SMILES string of the molecule is CC1(C)OB(C(=Cc2cnc3ccc(Cl)nn23)CNC(=O)OCC2c3ccccc3-c3ccccc32)OC1(C)C. The fourth-order valence-corrected chi connectivity index (χ4v) is 5.32. The first-order valence-corrected chi connectivity index (χ1v) is 13.7. The minimum Gasteiger partial charge on any atom is -0.449 e. The molecule has 0 saturated carbocycles. The second kappa shape index (κ2) is 10.1. The van der Waals surface area contributed by atoms with E-state index in [1.807, 2.05) is 58.0 Å². The maximum absolute atomic E-state index is 13.0. The lowest BCUT2D eigenvalue weighted by Gasteiger charge is -2.32. The molecule has 8 nitrogen and oxygen atoms in total. The van der Waals surface area contributed by atoms with Crippen LogP contribution in [-0.2, 0) is 14.0 Å². The smallest absolute Gasteiger partial charge is 0.449 e. The minimum absolute atomic E-state index is 0.0229. The molecule has 0 radical (unpaired) electrons. The largest absolute Gasteiger partial charge is 0.492 e. The van der Waals surface area contributed by atoms with Gasteiger partial charge in [0.1, 0.15) is 11.8 Å². The van der Waals surface area contributed by atoms with E-state index in [0.717, 1.165) is 11.1 Å². The number of halogens is 1. The van der Waals surface area contributed by atoms with E-state index in [0.29, 0.717) is 22.0 Å². The van der Waals surface area contributed by atoms with Gasteiger partial charge in [-0.05, 0) is 73.6 Å². The first-order valence-electron chi connectivity index (χ1n) is 13.3. The number of aromatic nitrogens is 3. The van der Waals surface area contributed by atoms with Crippen molar-refractivity contribution in [2.45, 2.75) is 44.8 Å². The number of fused-ring (bicyclic) bond motifs is 4. The van der Waals surface area contributed by atoms with Crippen LogP contribution in [-0.4, -0.2) is 52.2 Å². The number of amides is 1. The molecule has 1 amide bonds. The van der Waals surface area contributed by atoms with Crippen molar-refractivity contribution in [2.24, 2.45) is 0 Å². The van der Waals surface area contributed by atoms with Crippen LogP contribution in [0.25, 0.3) is 22.9 Å². The van der Waals surface area contributed by atoms with Gasteiger partial charge in [-0.3, -0.25) is 0 Å². The highest BCUT2D eigenvalue weighted by Crippen LogP contribution is 2.44. The van der Waals surface area contributed by atoms with Crippen molar-refractivity contribution in [3.05, 3.63) is 94.3 Å². The minimum atomic E-state index is -0.691. The molecular formula is C30H30BClN4O4. The van der Waals surface area contributed by atoms with E-state index < -0.39 is 24.4 Å². The highest BCUT2D eigenvalue weighted by atomic mass is 35.5. The van der Waals surface area contributed by atoms with Crippen LogP contribution in [0.3, 0.4) is 0 Å². The molecule has 1 aliphatic heterocycles. The van der Waals surface area contributed by atoms with Gasteiger partial charge in [0.25, 0.3) is 0 Å². The highest BCUT2D eigenvalue weighted by molar-refractivity contribution is 6.56. The molecule has 1 aliphatic carbocycles. The Morgan fingerprint density at radius 1 is 1.02 bits per heavy atom. The molecule has 0 atom stereocenters. The molecule has 1 saturated heterocycles. The molecule has 0 bridgehead atoms. The third kappa shape index (κ3) is 4.78. The number of nitrogens with zero attached hydrogens (tertiary/aromatic N) is 3. The van der Waals surface area contributed by atoms with Gasteiger partial charge in [0.05, 0.1) is 23.1 Å². The number of ether oxygens (including phenoxy) is 1. The van der Waals surface area contributed by atoms with E-state index in [1.165, 1.54) is 11.1 Å². The molecule has 0 spiro atoms. The molecule has 40 heavy (non-hydrogen) atoms. The van der Waals surface area contributed by atoms with Crippen molar-refractivity contribution in [2.75, 3.05) is 13.2 Å². The summed E-state index contributed by atoms with van der Waals surface area (Å²) in [6.45, 7) is 8.31. The van der Waals surface area contributed by atoms with Crippen molar-refractivity contribution < 1.29 is 18.8 Å². The van der Waals surface area contributed by atoms with Gasteiger partial charge in [-0.25, -0.2) is 14.3 Å². The summed E-state index contributed by atoms with van der Waals surface area (Å²) in [5.41, 5.74) is 5.59. The number of hydrogen-bond donors (Lipinski definition) is 1. The molecule has 10 heteroatoms. The number of imidazole rings is 1. The average molecular weight is 557 g/mol. The van der Waals surface area contributed by atoms with Crippen LogP contribution in [0.4, 0.5) is 4.79 Å². The van der Waals surface area contributed by atoms with E-state index in [-0.39, 0.29) is 19.1 Å². The van der Waals surface area contributed by atoms with Crippen molar-refractivity contribution in [1.82, 2.24) is 19.9 Å². The summed E-state index contributed by atoms with van der Waals surface area (Å²) in [7, 11) is -0.691. The predicted octanol–water partition coefficient (Wildman–Crippen LogP) is 5.94. The number of nitrogens with one attached hydrogen (secondary N) is 1. The van der Waals surface area contributed by atoms with Crippen LogP contribution in [0.15, 0.2) is 72.3 Å². The Morgan fingerprint density at radius 3 is 2.30 bits per heavy atom. The number of rotatable bonds is 6. The standard InChI is InChI=1S/C30H30BClN4O4/c1-29(2)30(3,4)40-31(39-29)19(15-20-17-33-27-14-13-26(32)35-36(20)27)16-34-28(37)38-18-25-23-11-7-5-9-21(23)22-10-6-8-12-24(22)25/h5-15,17,25H,16,18H2,1-4H3,(H,34,37). The monoisotopic (exact) mass is 556 g/mol. The van der Waals surface area contributed by atoms with Gasteiger partial charge in [-0.2, -0.15) is 5.10 Å². The predicted molar refractivity (Wildman–Crippen MR) is 155 cm³/mol. The number of alkyl carbamates (subject to hydrolysis) is 1. The molecular weight excluding hydrogens is 527 g/mol. The Bertz CT molecular complexity index is 1570. The summed E-state index contributed by atoms with van der Waals surface area (Å²) in [4.78, 5) is 17.4. The van der Waals surface area contributed by atoms with Crippen LogP contribution in [0.2, 0.25) is 5.15 Å². The average Bonchev–Trinajstić information content (AvgIpc) is 3.54. The van der Waals surface area contributed by atoms with Crippen molar-refractivity contribution in [3.8, 4) is 11.1 Å². The molecule has 2 aromatic heterocycles. The maximum Gasteiger partial charge on any atom is 0.492 e. The Hall–Kier alpha value is -3.66.